The van der Waals surface area contributed by atoms with E-state index < -0.39 is 0 Å². The summed E-state index contributed by atoms with van der Waals surface area (Å²) in [7, 11) is 3.06. The van der Waals surface area contributed by atoms with Crippen molar-refractivity contribution in [1.29, 1.82) is 0 Å². The fourth-order valence-corrected chi connectivity index (χ4v) is 4.11. The van der Waals surface area contributed by atoms with E-state index in [1.807, 2.05) is 36.6 Å². The number of thiophene rings is 1. The smallest absolute Gasteiger partial charge is 0.229 e. The van der Waals surface area contributed by atoms with E-state index >= 15 is 0 Å². The zero-order chi connectivity index (χ0) is 22.0. The first-order valence-corrected chi connectivity index (χ1v) is 10.5. The molecule has 0 fully saturated rings. The third-order valence-corrected chi connectivity index (χ3v) is 5.87. The van der Waals surface area contributed by atoms with Gasteiger partial charge in [0.2, 0.25) is 11.7 Å². The van der Waals surface area contributed by atoms with Gasteiger partial charge in [-0.2, -0.15) is 0 Å². The van der Waals surface area contributed by atoms with Crippen molar-refractivity contribution >= 4 is 39.7 Å². The van der Waals surface area contributed by atoms with Crippen LogP contribution in [0, 0.1) is 6.92 Å². The van der Waals surface area contributed by atoms with E-state index in [1.165, 1.54) is 7.11 Å². The molecule has 0 spiro atoms. The molecule has 2 aromatic heterocycles. The second-order valence-corrected chi connectivity index (χ2v) is 8.00. The molecule has 4 rings (SSSR count). The molecule has 0 aliphatic heterocycles. The van der Waals surface area contributed by atoms with Gasteiger partial charge in [0.1, 0.15) is 5.58 Å². The molecule has 6 nitrogen and oxygen atoms in total. The van der Waals surface area contributed by atoms with Crippen LogP contribution in [0.2, 0.25) is 0 Å². The van der Waals surface area contributed by atoms with Crippen LogP contribution in [0.3, 0.4) is 0 Å². The number of ether oxygens (including phenoxy) is 2. The summed E-state index contributed by atoms with van der Waals surface area (Å²) in [6, 6.07) is 14.2. The first-order chi connectivity index (χ1) is 15.0. The highest BCUT2D eigenvalue weighted by molar-refractivity contribution is 7.10. The van der Waals surface area contributed by atoms with E-state index in [2.05, 4.69) is 5.32 Å². The summed E-state index contributed by atoms with van der Waals surface area (Å²) >= 11 is 1.54. The number of carbonyl (C=O) groups excluding carboxylic acids is 2. The normalized spacial score (nSPS) is 10.8. The number of nitrogens with one attached hydrogen (secondary N) is 1. The van der Waals surface area contributed by atoms with Gasteiger partial charge in [-0.3, -0.25) is 9.59 Å². The predicted molar refractivity (Wildman–Crippen MR) is 121 cm³/mol. The molecule has 0 saturated carbocycles. The second-order valence-electron chi connectivity index (χ2n) is 6.97. The van der Waals surface area contributed by atoms with Crippen molar-refractivity contribution in [3.05, 3.63) is 75.7 Å². The SMILES string of the molecule is COc1ccc(C(=O)c2oc3cc(NC(=O)Cc4cccs4)ccc3c2C)cc1OC. The topological polar surface area (TPSA) is 77.8 Å². The monoisotopic (exact) mass is 435 g/mol. The van der Waals surface area contributed by atoms with Crippen LogP contribution < -0.4 is 14.8 Å². The van der Waals surface area contributed by atoms with E-state index in [1.54, 1.807) is 42.7 Å². The number of carbonyl (C=O) groups is 2. The third kappa shape index (κ3) is 4.18. The molecular formula is C24H21NO5S. The molecule has 7 heteroatoms. The van der Waals surface area contributed by atoms with Gasteiger partial charge in [0.25, 0.3) is 0 Å². The van der Waals surface area contributed by atoms with Crippen LogP contribution in [0.5, 0.6) is 11.5 Å². The Kier molecular flexibility index (Phi) is 5.77. The zero-order valence-electron chi connectivity index (χ0n) is 17.4. The van der Waals surface area contributed by atoms with Gasteiger partial charge in [-0.1, -0.05) is 6.07 Å². The van der Waals surface area contributed by atoms with Crippen LogP contribution >= 0.6 is 11.3 Å². The summed E-state index contributed by atoms with van der Waals surface area (Å²) in [6.45, 7) is 1.84. The Morgan fingerprint density at radius 3 is 2.55 bits per heavy atom. The highest BCUT2D eigenvalue weighted by Crippen LogP contribution is 2.32. The molecule has 0 unspecified atom stereocenters. The molecule has 4 aromatic rings. The van der Waals surface area contributed by atoms with Crippen LogP contribution in [-0.4, -0.2) is 25.9 Å². The zero-order valence-corrected chi connectivity index (χ0v) is 18.2. The molecule has 1 amide bonds. The quantitative estimate of drug-likeness (QED) is 0.402. The summed E-state index contributed by atoms with van der Waals surface area (Å²) in [4.78, 5) is 26.4. The molecule has 0 radical (unpaired) electrons. The summed E-state index contributed by atoms with van der Waals surface area (Å²) in [6.07, 6.45) is 0.315. The fourth-order valence-electron chi connectivity index (χ4n) is 3.40. The molecule has 0 saturated heterocycles. The van der Waals surface area contributed by atoms with Crippen molar-refractivity contribution in [1.82, 2.24) is 0 Å². The number of rotatable bonds is 7. The Balaban J connectivity index is 1.60. The fraction of sp³-hybridized carbons (Fsp3) is 0.167. The lowest BCUT2D eigenvalue weighted by molar-refractivity contribution is -0.115. The minimum Gasteiger partial charge on any atom is -0.493 e. The van der Waals surface area contributed by atoms with Gasteiger partial charge >= 0.3 is 0 Å². The van der Waals surface area contributed by atoms with E-state index in [0.717, 1.165) is 15.8 Å². The first kappa shape index (κ1) is 20.7. The number of methoxy groups -OCH3 is 2. The van der Waals surface area contributed by atoms with Gasteiger partial charge in [-0.05, 0) is 48.7 Å². The van der Waals surface area contributed by atoms with Gasteiger partial charge in [-0.15, -0.1) is 11.3 Å². The predicted octanol–water partition coefficient (Wildman–Crippen LogP) is 5.23. The van der Waals surface area contributed by atoms with E-state index in [-0.39, 0.29) is 17.5 Å². The summed E-state index contributed by atoms with van der Waals surface area (Å²) in [5.41, 5.74) is 2.33. The number of hydrogen-bond acceptors (Lipinski definition) is 6. The van der Waals surface area contributed by atoms with Crippen LogP contribution in [0.1, 0.15) is 26.6 Å². The molecular weight excluding hydrogens is 414 g/mol. The lowest BCUT2D eigenvalue weighted by atomic mass is 10.0. The Morgan fingerprint density at radius 2 is 1.84 bits per heavy atom. The molecule has 2 heterocycles. The molecule has 0 aliphatic carbocycles. The maximum Gasteiger partial charge on any atom is 0.229 e. The standard InChI is InChI=1S/C24H21NO5S/c1-14-18-8-7-16(25-22(26)13-17-5-4-10-31-17)12-20(18)30-24(14)23(27)15-6-9-19(28-2)21(11-15)29-3/h4-12H,13H2,1-3H3,(H,25,26). The van der Waals surface area contributed by atoms with Crippen LogP contribution in [0.15, 0.2) is 58.3 Å². The van der Waals surface area contributed by atoms with Crippen LogP contribution in [0.4, 0.5) is 5.69 Å². The number of hydrogen-bond donors (Lipinski definition) is 1. The van der Waals surface area contributed by atoms with Crippen molar-refractivity contribution in [3.8, 4) is 11.5 Å². The van der Waals surface area contributed by atoms with Crippen LogP contribution in [-0.2, 0) is 11.2 Å². The number of amides is 1. The lowest BCUT2D eigenvalue weighted by Gasteiger charge is -2.08. The number of ketones is 1. The van der Waals surface area contributed by atoms with Crippen molar-refractivity contribution in [2.24, 2.45) is 0 Å². The number of anilines is 1. The van der Waals surface area contributed by atoms with E-state index in [0.29, 0.717) is 34.8 Å². The Labute approximate surface area is 183 Å². The lowest BCUT2D eigenvalue weighted by Crippen LogP contribution is -2.13. The summed E-state index contributed by atoms with van der Waals surface area (Å²) in [5.74, 6) is 0.912. The van der Waals surface area contributed by atoms with Crippen molar-refractivity contribution in [2.75, 3.05) is 19.5 Å². The average molecular weight is 436 g/mol. The number of fused-ring (bicyclic) bond motifs is 1. The highest BCUT2D eigenvalue weighted by Gasteiger charge is 2.21. The van der Waals surface area contributed by atoms with Crippen molar-refractivity contribution in [2.45, 2.75) is 13.3 Å². The third-order valence-electron chi connectivity index (χ3n) is 4.99. The van der Waals surface area contributed by atoms with Gasteiger partial charge in [0.15, 0.2) is 17.3 Å². The largest absolute Gasteiger partial charge is 0.493 e. The van der Waals surface area contributed by atoms with Crippen molar-refractivity contribution < 1.29 is 23.5 Å². The molecule has 0 atom stereocenters. The number of aryl methyl sites for hydroxylation is 1. The van der Waals surface area contributed by atoms with Gasteiger partial charge in [0, 0.05) is 33.1 Å². The van der Waals surface area contributed by atoms with Gasteiger partial charge in [0.05, 0.1) is 20.6 Å². The average Bonchev–Trinajstić information content (AvgIpc) is 3.40. The minimum atomic E-state index is -0.252. The molecule has 1 N–H and O–H groups in total. The van der Waals surface area contributed by atoms with Crippen molar-refractivity contribution in [3.63, 3.8) is 0 Å². The van der Waals surface area contributed by atoms with Gasteiger partial charge < -0.3 is 19.2 Å². The maximum absolute atomic E-state index is 13.1. The molecule has 0 aliphatic rings. The highest BCUT2D eigenvalue weighted by atomic mass is 32.1. The van der Waals surface area contributed by atoms with E-state index in [9.17, 15) is 9.59 Å². The molecule has 0 bridgehead atoms. The van der Waals surface area contributed by atoms with E-state index in [4.69, 9.17) is 13.9 Å². The first-order valence-electron chi connectivity index (χ1n) is 9.62. The molecule has 2 aromatic carbocycles. The number of benzene rings is 2. The Morgan fingerprint density at radius 1 is 1.03 bits per heavy atom. The maximum atomic E-state index is 13.1. The van der Waals surface area contributed by atoms with Gasteiger partial charge in [-0.25, -0.2) is 0 Å². The van der Waals surface area contributed by atoms with Crippen LogP contribution in [0.25, 0.3) is 11.0 Å². The molecule has 31 heavy (non-hydrogen) atoms. The number of furan rings is 1. The summed E-state index contributed by atoms with van der Waals surface area (Å²) in [5, 5.41) is 5.64. The molecule has 158 valence electrons. The minimum absolute atomic E-state index is 0.105. The Hall–Kier alpha value is -3.58. The summed E-state index contributed by atoms with van der Waals surface area (Å²) < 4.78 is 16.4. The second kappa shape index (κ2) is 8.65. The Bertz CT molecular complexity index is 1260.